The summed E-state index contributed by atoms with van der Waals surface area (Å²) in [4.78, 5) is 12.4. The highest BCUT2D eigenvalue weighted by molar-refractivity contribution is 6.33. The van der Waals surface area contributed by atoms with Crippen LogP contribution in [0.3, 0.4) is 0 Å². The second-order valence-corrected chi connectivity index (χ2v) is 5.92. The van der Waals surface area contributed by atoms with E-state index in [4.69, 9.17) is 16.3 Å². The van der Waals surface area contributed by atoms with E-state index in [2.05, 4.69) is 5.32 Å². The Labute approximate surface area is 148 Å². The Morgan fingerprint density at radius 3 is 2.56 bits per heavy atom. The number of hydrogen-bond acceptors (Lipinski definition) is 2. The van der Waals surface area contributed by atoms with Gasteiger partial charge in [-0.25, -0.2) is 0 Å². The largest absolute Gasteiger partial charge is 0.481 e. The summed E-state index contributed by atoms with van der Waals surface area (Å²) < 4.78 is 44.1. The van der Waals surface area contributed by atoms with E-state index >= 15 is 0 Å². The smallest absolute Gasteiger partial charge is 0.416 e. The number of halogens is 4. The summed E-state index contributed by atoms with van der Waals surface area (Å²) in [5.74, 6) is -0.0534. The van der Waals surface area contributed by atoms with Crippen LogP contribution in [0.15, 0.2) is 42.5 Å². The Balaban J connectivity index is 2.16. The summed E-state index contributed by atoms with van der Waals surface area (Å²) in [6.45, 7) is 3.63. The SMILES string of the molecule is CC[C@H](Oc1cccc(C)c1)C(=O)Nc1cc(C(F)(F)F)ccc1Cl. The number of alkyl halides is 3. The molecule has 0 heterocycles. The molecule has 0 saturated heterocycles. The second kappa shape index (κ2) is 7.78. The molecular weight excluding hydrogens is 355 g/mol. The molecule has 134 valence electrons. The number of hydrogen-bond donors (Lipinski definition) is 1. The van der Waals surface area contributed by atoms with Gasteiger partial charge in [-0.3, -0.25) is 4.79 Å². The van der Waals surface area contributed by atoms with Crippen molar-refractivity contribution in [3.63, 3.8) is 0 Å². The van der Waals surface area contributed by atoms with Crippen LogP contribution in [-0.4, -0.2) is 12.0 Å². The maximum Gasteiger partial charge on any atom is 0.416 e. The van der Waals surface area contributed by atoms with E-state index in [1.54, 1.807) is 25.1 Å². The molecule has 1 atom stereocenters. The zero-order valence-electron chi connectivity index (χ0n) is 13.7. The van der Waals surface area contributed by atoms with Crippen molar-refractivity contribution in [3.05, 3.63) is 58.6 Å². The maximum absolute atomic E-state index is 12.8. The van der Waals surface area contributed by atoms with E-state index in [1.807, 2.05) is 13.0 Å². The lowest BCUT2D eigenvalue weighted by Crippen LogP contribution is -2.32. The molecule has 0 fully saturated rings. The number of carbonyl (C=O) groups is 1. The van der Waals surface area contributed by atoms with Crippen LogP contribution in [-0.2, 0) is 11.0 Å². The van der Waals surface area contributed by atoms with Crippen molar-refractivity contribution in [1.82, 2.24) is 0 Å². The summed E-state index contributed by atoms with van der Waals surface area (Å²) in [6, 6.07) is 9.92. The molecule has 0 radical (unpaired) electrons. The van der Waals surface area contributed by atoms with Gasteiger partial charge in [0, 0.05) is 0 Å². The van der Waals surface area contributed by atoms with Crippen LogP contribution in [0.2, 0.25) is 5.02 Å². The Hall–Kier alpha value is -2.21. The fraction of sp³-hybridized carbons (Fsp3) is 0.278. The third kappa shape index (κ3) is 5.13. The van der Waals surface area contributed by atoms with Crippen LogP contribution in [0.5, 0.6) is 5.75 Å². The van der Waals surface area contributed by atoms with Gasteiger partial charge >= 0.3 is 6.18 Å². The van der Waals surface area contributed by atoms with Crippen LogP contribution in [0.1, 0.15) is 24.5 Å². The number of ether oxygens (including phenoxy) is 1. The summed E-state index contributed by atoms with van der Waals surface area (Å²) in [5.41, 5.74) is -0.0266. The first kappa shape index (κ1) is 19.1. The standard InChI is InChI=1S/C18H17ClF3NO2/c1-3-16(25-13-6-4-5-11(2)9-13)17(24)23-15-10-12(18(20,21)22)7-8-14(15)19/h4-10,16H,3H2,1-2H3,(H,23,24)/t16-/m0/s1. The van der Waals surface area contributed by atoms with Gasteiger partial charge in [0.25, 0.3) is 5.91 Å². The predicted molar refractivity (Wildman–Crippen MR) is 91.0 cm³/mol. The number of benzene rings is 2. The summed E-state index contributed by atoms with van der Waals surface area (Å²) in [7, 11) is 0. The first-order valence-corrected chi connectivity index (χ1v) is 7.99. The van der Waals surface area contributed by atoms with E-state index < -0.39 is 23.8 Å². The zero-order chi connectivity index (χ0) is 18.6. The van der Waals surface area contributed by atoms with Gasteiger partial charge in [-0.15, -0.1) is 0 Å². The van der Waals surface area contributed by atoms with E-state index in [9.17, 15) is 18.0 Å². The highest BCUT2D eigenvalue weighted by Crippen LogP contribution is 2.34. The van der Waals surface area contributed by atoms with Gasteiger partial charge < -0.3 is 10.1 Å². The molecule has 1 N–H and O–H groups in total. The number of amides is 1. The zero-order valence-corrected chi connectivity index (χ0v) is 14.4. The highest BCUT2D eigenvalue weighted by Gasteiger charge is 2.31. The van der Waals surface area contributed by atoms with Crippen LogP contribution < -0.4 is 10.1 Å². The normalized spacial score (nSPS) is 12.6. The van der Waals surface area contributed by atoms with Crippen molar-refractivity contribution in [3.8, 4) is 5.75 Å². The van der Waals surface area contributed by atoms with E-state index in [1.165, 1.54) is 0 Å². The average molecular weight is 372 g/mol. The number of aryl methyl sites for hydroxylation is 1. The van der Waals surface area contributed by atoms with Gasteiger partial charge in [0.05, 0.1) is 16.3 Å². The van der Waals surface area contributed by atoms with Crippen molar-refractivity contribution in [1.29, 1.82) is 0 Å². The van der Waals surface area contributed by atoms with Gasteiger partial charge in [-0.2, -0.15) is 13.2 Å². The number of anilines is 1. The molecule has 2 aromatic carbocycles. The third-order valence-electron chi connectivity index (χ3n) is 3.48. The van der Waals surface area contributed by atoms with E-state index in [-0.39, 0.29) is 10.7 Å². The summed E-state index contributed by atoms with van der Waals surface area (Å²) in [6.07, 6.45) is -5.03. The Morgan fingerprint density at radius 1 is 1.24 bits per heavy atom. The molecule has 0 aromatic heterocycles. The molecule has 3 nitrogen and oxygen atoms in total. The summed E-state index contributed by atoms with van der Waals surface area (Å²) in [5, 5.41) is 2.43. The maximum atomic E-state index is 12.8. The molecule has 0 aliphatic carbocycles. The summed E-state index contributed by atoms with van der Waals surface area (Å²) >= 11 is 5.90. The monoisotopic (exact) mass is 371 g/mol. The number of nitrogens with one attached hydrogen (secondary N) is 1. The minimum absolute atomic E-state index is 0.0201. The van der Waals surface area contributed by atoms with E-state index in [0.29, 0.717) is 12.2 Å². The van der Waals surface area contributed by atoms with Crippen LogP contribution in [0.4, 0.5) is 18.9 Å². The van der Waals surface area contributed by atoms with Crippen molar-refractivity contribution < 1.29 is 22.7 Å². The van der Waals surface area contributed by atoms with Crippen molar-refractivity contribution in [2.45, 2.75) is 32.5 Å². The third-order valence-corrected chi connectivity index (χ3v) is 3.81. The van der Waals surface area contributed by atoms with E-state index in [0.717, 1.165) is 23.8 Å². The highest BCUT2D eigenvalue weighted by atomic mass is 35.5. The number of carbonyl (C=O) groups excluding carboxylic acids is 1. The van der Waals surface area contributed by atoms with Gasteiger partial charge in [-0.1, -0.05) is 30.7 Å². The molecule has 0 spiro atoms. The molecule has 7 heteroatoms. The Kier molecular flexibility index (Phi) is 5.95. The predicted octanol–water partition coefficient (Wildman–Crippen LogP) is 5.46. The fourth-order valence-electron chi connectivity index (χ4n) is 2.19. The fourth-order valence-corrected chi connectivity index (χ4v) is 2.35. The molecule has 1 amide bonds. The molecule has 2 rings (SSSR count). The molecule has 0 unspecified atom stereocenters. The lowest BCUT2D eigenvalue weighted by atomic mass is 10.1. The molecule has 0 bridgehead atoms. The Morgan fingerprint density at radius 2 is 1.96 bits per heavy atom. The van der Waals surface area contributed by atoms with Gasteiger partial charge in [0.15, 0.2) is 6.10 Å². The molecule has 0 aliphatic heterocycles. The first-order chi connectivity index (χ1) is 11.7. The van der Waals surface area contributed by atoms with Gasteiger partial charge in [-0.05, 0) is 49.2 Å². The lowest BCUT2D eigenvalue weighted by molar-refractivity contribution is -0.137. The van der Waals surface area contributed by atoms with Crippen molar-refractivity contribution in [2.24, 2.45) is 0 Å². The van der Waals surface area contributed by atoms with Gasteiger partial charge in [0.1, 0.15) is 5.75 Å². The average Bonchev–Trinajstić information content (AvgIpc) is 2.53. The first-order valence-electron chi connectivity index (χ1n) is 7.61. The van der Waals surface area contributed by atoms with Crippen LogP contribution in [0.25, 0.3) is 0 Å². The molecule has 25 heavy (non-hydrogen) atoms. The minimum Gasteiger partial charge on any atom is -0.481 e. The van der Waals surface area contributed by atoms with Crippen molar-refractivity contribution in [2.75, 3.05) is 5.32 Å². The Bertz CT molecular complexity index is 762. The lowest BCUT2D eigenvalue weighted by Gasteiger charge is -2.18. The molecule has 2 aromatic rings. The molecule has 0 aliphatic rings. The molecular formula is C18H17ClF3NO2. The second-order valence-electron chi connectivity index (χ2n) is 5.51. The van der Waals surface area contributed by atoms with Crippen LogP contribution in [0, 0.1) is 6.92 Å². The topological polar surface area (TPSA) is 38.3 Å². The van der Waals surface area contributed by atoms with Crippen LogP contribution >= 0.6 is 11.6 Å². The van der Waals surface area contributed by atoms with Gasteiger partial charge in [0.2, 0.25) is 0 Å². The quantitative estimate of drug-likeness (QED) is 0.757. The molecule has 0 saturated carbocycles. The van der Waals surface area contributed by atoms with Crippen molar-refractivity contribution >= 4 is 23.2 Å². The number of rotatable bonds is 5. The minimum atomic E-state index is -4.52.